The third-order valence-corrected chi connectivity index (χ3v) is 7.49. The molecule has 4 aromatic rings. The fraction of sp³-hybridized carbons (Fsp3) is 0.321. The minimum absolute atomic E-state index is 0.204. The summed E-state index contributed by atoms with van der Waals surface area (Å²) in [7, 11) is 0. The van der Waals surface area contributed by atoms with Crippen LogP contribution in [-0.4, -0.2) is 25.6 Å². The number of rotatable bonds is 7. The average Bonchev–Trinajstić information content (AvgIpc) is 3.23. The smallest absolute Gasteiger partial charge is 0.307 e. The first kappa shape index (κ1) is 24.4. The number of halogens is 2. The Morgan fingerprint density at radius 1 is 1.17 bits per heavy atom. The molecule has 1 aliphatic rings. The van der Waals surface area contributed by atoms with E-state index in [9.17, 15) is 14.3 Å². The van der Waals surface area contributed by atoms with Crippen LogP contribution in [0.5, 0.6) is 5.75 Å². The maximum absolute atomic E-state index is 14.3. The lowest BCUT2D eigenvalue weighted by Gasteiger charge is -2.28. The third kappa shape index (κ3) is 5.14. The van der Waals surface area contributed by atoms with Gasteiger partial charge in [-0.15, -0.1) is 0 Å². The number of carbonyl (C=O) groups is 1. The number of pyridine rings is 1. The molecule has 0 bridgehead atoms. The summed E-state index contributed by atoms with van der Waals surface area (Å²) < 4.78 is 22.8. The Balaban J connectivity index is 1.54. The zero-order valence-electron chi connectivity index (χ0n) is 20.0. The summed E-state index contributed by atoms with van der Waals surface area (Å²) in [6.45, 7) is 2.69. The number of nitrogens with zero attached hydrogens (tertiary/aromatic N) is 3. The zero-order valence-corrected chi connectivity index (χ0v) is 21.5. The summed E-state index contributed by atoms with van der Waals surface area (Å²) in [5, 5.41) is 9.91. The van der Waals surface area contributed by atoms with Gasteiger partial charge in [-0.25, -0.2) is 9.37 Å². The SMILES string of the molecule is Cc1ccc(COc2ccc3nc([C@@H]4CCCC[C@@H]4C(=O)O)n(Cc4ccc(Br)c(F)c4)c3c2)nc1. The van der Waals surface area contributed by atoms with E-state index in [4.69, 9.17) is 9.72 Å². The second-order valence-electron chi connectivity index (χ2n) is 9.41. The number of aliphatic carboxylic acids is 1. The van der Waals surface area contributed by atoms with Crippen LogP contribution in [0.4, 0.5) is 4.39 Å². The molecule has 0 aliphatic heterocycles. The molecule has 1 saturated carbocycles. The van der Waals surface area contributed by atoms with Gasteiger partial charge in [0.1, 0.15) is 24.0 Å². The molecule has 1 aliphatic carbocycles. The number of imidazole rings is 1. The number of carboxylic acids is 1. The van der Waals surface area contributed by atoms with E-state index in [2.05, 4.69) is 20.9 Å². The molecule has 36 heavy (non-hydrogen) atoms. The lowest BCUT2D eigenvalue weighted by molar-refractivity contribution is -0.143. The highest BCUT2D eigenvalue weighted by molar-refractivity contribution is 9.10. The maximum atomic E-state index is 14.3. The van der Waals surface area contributed by atoms with Crippen molar-refractivity contribution >= 4 is 32.9 Å². The van der Waals surface area contributed by atoms with Gasteiger partial charge in [0.15, 0.2) is 0 Å². The summed E-state index contributed by atoms with van der Waals surface area (Å²) in [6.07, 6.45) is 5.06. The number of benzene rings is 2. The molecule has 8 heteroatoms. The number of fused-ring (bicyclic) bond motifs is 1. The Kier molecular flexibility index (Phi) is 7.05. The molecule has 2 aromatic carbocycles. The predicted molar refractivity (Wildman–Crippen MR) is 139 cm³/mol. The number of aryl methyl sites for hydroxylation is 1. The van der Waals surface area contributed by atoms with Crippen LogP contribution < -0.4 is 4.74 Å². The van der Waals surface area contributed by atoms with Gasteiger partial charge in [0.05, 0.1) is 27.1 Å². The summed E-state index contributed by atoms with van der Waals surface area (Å²) in [5.41, 5.74) is 4.28. The molecule has 186 valence electrons. The van der Waals surface area contributed by atoms with Gasteiger partial charge in [-0.05, 0) is 77.2 Å². The quantitative estimate of drug-likeness (QED) is 0.279. The van der Waals surface area contributed by atoms with Crippen molar-refractivity contribution in [2.75, 3.05) is 0 Å². The second-order valence-corrected chi connectivity index (χ2v) is 10.3. The lowest BCUT2D eigenvalue weighted by atomic mass is 9.78. The molecular weight excluding hydrogens is 525 g/mol. The van der Waals surface area contributed by atoms with Crippen LogP contribution in [0, 0.1) is 18.7 Å². The van der Waals surface area contributed by atoms with Crippen molar-refractivity contribution in [3.63, 3.8) is 0 Å². The fourth-order valence-electron chi connectivity index (χ4n) is 4.96. The highest BCUT2D eigenvalue weighted by Gasteiger charge is 2.35. The van der Waals surface area contributed by atoms with Crippen molar-refractivity contribution in [2.45, 2.75) is 51.7 Å². The lowest BCUT2D eigenvalue weighted by Crippen LogP contribution is -2.27. The molecule has 2 aromatic heterocycles. The molecular formula is C28H27BrFN3O3. The van der Waals surface area contributed by atoms with E-state index in [0.29, 0.717) is 29.8 Å². The topological polar surface area (TPSA) is 77.2 Å². The van der Waals surface area contributed by atoms with Crippen LogP contribution in [0.1, 0.15) is 54.2 Å². The maximum Gasteiger partial charge on any atom is 0.307 e. The van der Waals surface area contributed by atoms with E-state index in [1.54, 1.807) is 6.07 Å². The normalized spacial score (nSPS) is 17.9. The van der Waals surface area contributed by atoms with Crippen LogP contribution in [-0.2, 0) is 17.9 Å². The van der Waals surface area contributed by atoms with Crippen LogP contribution in [0.15, 0.2) is 59.2 Å². The third-order valence-electron chi connectivity index (χ3n) is 6.85. The molecule has 0 radical (unpaired) electrons. The molecule has 2 atom stereocenters. The Morgan fingerprint density at radius 2 is 2.00 bits per heavy atom. The van der Waals surface area contributed by atoms with Crippen molar-refractivity contribution in [1.29, 1.82) is 0 Å². The van der Waals surface area contributed by atoms with Crippen molar-refractivity contribution in [3.05, 3.63) is 87.7 Å². The van der Waals surface area contributed by atoms with Crippen molar-refractivity contribution in [2.24, 2.45) is 5.92 Å². The predicted octanol–water partition coefficient (Wildman–Crippen LogP) is 6.63. The summed E-state index contributed by atoms with van der Waals surface area (Å²) in [6, 6.07) is 14.7. The van der Waals surface area contributed by atoms with Crippen LogP contribution in [0.2, 0.25) is 0 Å². The van der Waals surface area contributed by atoms with E-state index < -0.39 is 11.9 Å². The Labute approximate surface area is 217 Å². The summed E-state index contributed by atoms with van der Waals surface area (Å²) in [5.74, 6) is -0.420. The van der Waals surface area contributed by atoms with Crippen LogP contribution in [0.3, 0.4) is 0 Å². The Bertz CT molecular complexity index is 1400. The molecule has 6 nitrogen and oxygen atoms in total. The highest BCUT2D eigenvalue weighted by atomic mass is 79.9. The van der Waals surface area contributed by atoms with E-state index in [1.807, 2.05) is 54.1 Å². The van der Waals surface area contributed by atoms with Crippen LogP contribution >= 0.6 is 15.9 Å². The summed E-state index contributed by atoms with van der Waals surface area (Å²) >= 11 is 3.22. The standard InChI is InChI=1S/C28H27BrFN3O3/c1-17-6-8-19(31-14-17)16-36-20-9-11-25-26(13-20)33(15-18-7-10-23(29)24(30)12-18)27(32-25)21-4-2-3-5-22(21)28(34)35/h6-14,21-22H,2-5,15-16H2,1H3,(H,34,35)/t21-,22+/m1/s1. The van der Waals surface area contributed by atoms with Gasteiger partial charge < -0.3 is 14.4 Å². The second kappa shape index (κ2) is 10.4. The average molecular weight is 552 g/mol. The van der Waals surface area contributed by atoms with Gasteiger partial charge in [-0.3, -0.25) is 9.78 Å². The summed E-state index contributed by atoms with van der Waals surface area (Å²) in [4.78, 5) is 21.4. The zero-order chi connectivity index (χ0) is 25.2. The number of carboxylic acid groups (broad SMARTS) is 1. The van der Waals surface area contributed by atoms with Gasteiger partial charge in [0.2, 0.25) is 0 Å². The van der Waals surface area contributed by atoms with E-state index in [0.717, 1.165) is 52.9 Å². The van der Waals surface area contributed by atoms with E-state index >= 15 is 0 Å². The minimum Gasteiger partial charge on any atom is -0.487 e. The van der Waals surface area contributed by atoms with Gasteiger partial charge in [-0.2, -0.15) is 0 Å². The van der Waals surface area contributed by atoms with Gasteiger partial charge in [0, 0.05) is 24.7 Å². The molecule has 5 rings (SSSR count). The first-order valence-corrected chi connectivity index (χ1v) is 12.9. The Hall–Kier alpha value is -3.26. The monoisotopic (exact) mass is 551 g/mol. The molecule has 0 amide bonds. The molecule has 0 unspecified atom stereocenters. The molecule has 1 N–H and O–H groups in total. The van der Waals surface area contributed by atoms with Crippen molar-refractivity contribution in [3.8, 4) is 5.75 Å². The number of hydrogen-bond acceptors (Lipinski definition) is 4. The number of ether oxygens (including phenoxy) is 1. The fourth-order valence-corrected chi connectivity index (χ4v) is 5.20. The Morgan fingerprint density at radius 3 is 2.75 bits per heavy atom. The molecule has 2 heterocycles. The van der Waals surface area contributed by atoms with E-state index in [1.165, 1.54) is 6.07 Å². The van der Waals surface area contributed by atoms with Crippen LogP contribution in [0.25, 0.3) is 11.0 Å². The van der Waals surface area contributed by atoms with Gasteiger partial charge >= 0.3 is 5.97 Å². The van der Waals surface area contributed by atoms with E-state index in [-0.39, 0.29) is 11.7 Å². The number of aromatic nitrogens is 3. The molecule has 0 spiro atoms. The largest absolute Gasteiger partial charge is 0.487 e. The van der Waals surface area contributed by atoms with Crippen molar-refractivity contribution in [1.82, 2.24) is 14.5 Å². The van der Waals surface area contributed by atoms with Gasteiger partial charge in [0.25, 0.3) is 0 Å². The minimum atomic E-state index is -0.789. The number of hydrogen-bond donors (Lipinski definition) is 1. The molecule has 1 fully saturated rings. The van der Waals surface area contributed by atoms with Gasteiger partial charge in [-0.1, -0.05) is 25.0 Å². The first-order chi connectivity index (χ1) is 17.4. The van der Waals surface area contributed by atoms with Crippen molar-refractivity contribution < 1.29 is 19.0 Å². The highest BCUT2D eigenvalue weighted by Crippen LogP contribution is 2.39. The first-order valence-electron chi connectivity index (χ1n) is 12.1. The molecule has 0 saturated heterocycles.